The van der Waals surface area contributed by atoms with Crippen LogP contribution >= 0.6 is 11.8 Å². The fraction of sp³-hybridized carbons (Fsp3) is 0.917. The highest BCUT2D eigenvalue weighted by Crippen LogP contribution is 2.33. The molecule has 16 heavy (non-hydrogen) atoms. The third-order valence-electron chi connectivity index (χ3n) is 3.16. The number of aliphatic hydroxyl groups is 1. The van der Waals surface area contributed by atoms with Crippen LogP contribution in [0.5, 0.6) is 0 Å². The van der Waals surface area contributed by atoms with Crippen LogP contribution in [-0.2, 0) is 4.79 Å². The Hall–Kier alpha value is -0.220. The van der Waals surface area contributed by atoms with Gasteiger partial charge in [0.2, 0.25) is 0 Å². The molecule has 2 N–H and O–H groups in total. The number of rotatable bonds is 5. The van der Waals surface area contributed by atoms with Gasteiger partial charge in [-0.25, -0.2) is 0 Å². The van der Waals surface area contributed by atoms with Crippen LogP contribution in [0.3, 0.4) is 0 Å². The molecule has 3 nitrogen and oxygen atoms in total. The lowest BCUT2D eigenvalue weighted by Crippen LogP contribution is -2.36. The molecular weight excluding hydrogens is 224 g/mol. The molecule has 0 aromatic carbocycles. The monoisotopic (exact) mass is 246 g/mol. The molecule has 0 radical (unpaired) electrons. The molecule has 0 aromatic heterocycles. The van der Waals surface area contributed by atoms with Crippen LogP contribution in [0.4, 0.5) is 0 Å². The zero-order valence-electron chi connectivity index (χ0n) is 10.1. The molecule has 1 fully saturated rings. The van der Waals surface area contributed by atoms with Crippen LogP contribution in [0.25, 0.3) is 0 Å². The maximum absolute atomic E-state index is 11.0. The lowest BCUT2D eigenvalue weighted by Gasteiger charge is -2.32. The zero-order valence-corrected chi connectivity index (χ0v) is 10.9. The van der Waals surface area contributed by atoms with E-state index in [9.17, 15) is 9.90 Å². The standard InChI is InChI=1S/C12H22O3S/c1-9(2)10(11(13)14)16-8-12(15)6-4-3-5-7-12/h9-10,15H,3-8H2,1-2H3,(H,13,14). The fourth-order valence-electron chi connectivity index (χ4n) is 2.15. The van der Waals surface area contributed by atoms with Crippen LogP contribution in [0.1, 0.15) is 46.0 Å². The molecule has 1 rings (SSSR count). The maximum Gasteiger partial charge on any atom is 0.316 e. The maximum atomic E-state index is 11.0. The second-order valence-corrected chi connectivity index (χ2v) is 6.23. The van der Waals surface area contributed by atoms with E-state index in [1.165, 1.54) is 18.2 Å². The van der Waals surface area contributed by atoms with Gasteiger partial charge in [-0.2, -0.15) is 0 Å². The van der Waals surface area contributed by atoms with Crippen LogP contribution in [0.2, 0.25) is 0 Å². The van der Waals surface area contributed by atoms with E-state index in [1.807, 2.05) is 13.8 Å². The second kappa shape index (κ2) is 5.92. The number of carboxylic acid groups (broad SMARTS) is 1. The minimum atomic E-state index is -0.764. The van der Waals surface area contributed by atoms with Crippen molar-refractivity contribution in [2.45, 2.75) is 56.8 Å². The molecule has 0 amide bonds. The number of aliphatic carboxylic acids is 1. The molecule has 94 valence electrons. The first-order valence-electron chi connectivity index (χ1n) is 6.01. The van der Waals surface area contributed by atoms with E-state index in [1.54, 1.807) is 0 Å². The van der Waals surface area contributed by atoms with E-state index in [4.69, 9.17) is 5.11 Å². The predicted octanol–water partition coefficient (Wildman–Crippen LogP) is 2.52. The Bertz CT molecular complexity index is 234. The number of hydrogen-bond donors (Lipinski definition) is 2. The third kappa shape index (κ3) is 3.98. The van der Waals surface area contributed by atoms with Gasteiger partial charge < -0.3 is 10.2 Å². The highest BCUT2D eigenvalue weighted by Gasteiger charge is 2.32. The van der Waals surface area contributed by atoms with Gasteiger partial charge in [0.15, 0.2) is 0 Å². The van der Waals surface area contributed by atoms with Gasteiger partial charge in [0, 0.05) is 5.75 Å². The van der Waals surface area contributed by atoms with Crippen molar-refractivity contribution < 1.29 is 15.0 Å². The van der Waals surface area contributed by atoms with Crippen LogP contribution < -0.4 is 0 Å². The number of carbonyl (C=O) groups is 1. The Morgan fingerprint density at radius 1 is 1.31 bits per heavy atom. The van der Waals surface area contributed by atoms with E-state index >= 15 is 0 Å². The second-order valence-electron chi connectivity index (χ2n) is 5.10. The van der Waals surface area contributed by atoms with Crippen molar-refractivity contribution in [3.05, 3.63) is 0 Å². The summed E-state index contributed by atoms with van der Waals surface area (Å²) in [6.45, 7) is 3.83. The topological polar surface area (TPSA) is 57.5 Å². The summed E-state index contributed by atoms with van der Waals surface area (Å²) in [6, 6.07) is 0. The Balaban J connectivity index is 2.44. The van der Waals surface area contributed by atoms with Crippen molar-refractivity contribution in [3.8, 4) is 0 Å². The molecule has 0 bridgehead atoms. The molecule has 0 aromatic rings. The average Bonchev–Trinajstić information content (AvgIpc) is 2.17. The molecule has 0 saturated heterocycles. The molecule has 1 atom stereocenters. The quantitative estimate of drug-likeness (QED) is 0.782. The summed E-state index contributed by atoms with van der Waals surface area (Å²) in [5, 5.41) is 18.9. The Morgan fingerprint density at radius 2 is 1.88 bits per heavy atom. The van der Waals surface area contributed by atoms with Crippen molar-refractivity contribution in [2.75, 3.05) is 5.75 Å². The van der Waals surface area contributed by atoms with Crippen LogP contribution in [0, 0.1) is 5.92 Å². The number of carboxylic acids is 1. The van der Waals surface area contributed by atoms with Gasteiger partial charge in [-0.1, -0.05) is 33.1 Å². The van der Waals surface area contributed by atoms with Crippen LogP contribution in [0.15, 0.2) is 0 Å². The SMILES string of the molecule is CC(C)C(SCC1(O)CCCCC1)C(=O)O. The van der Waals surface area contributed by atoms with Gasteiger partial charge in [-0.05, 0) is 18.8 Å². The molecule has 0 aliphatic heterocycles. The molecule has 1 unspecified atom stereocenters. The molecule has 0 spiro atoms. The highest BCUT2D eigenvalue weighted by molar-refractivity contribution is 8.00. The molecule has 0 heterocycles. The van der Waals surface area contributed by atoms with E-state index in [-0.39, 0.29) is 5.92 Å². The number of thioether (sulfide) groups is 1. The molecule has 4 heteroatoms. The first kappa shape index (κ1) is 13.8. The normalized spacial score (nSPS) is 22.0. The van der Waals surface area contributed by atoms with Gasteiger partial charge in [-0.15, -0.1) is 11.8 Å². The summed E-state index contributed by atoms with van der Waals surface area (Å²) in [4.78, 5) is 11.0. The fourth-order valence-corrected chi connectivity index (χ4v) is 3.45. The van der Waals surface area contributed by atoms with Crippen molar-refractivity contribution in [1.82, 2.24) is 0 Å². The summed E-state index contributed by atoms with van der Waals surface area (Å²) in [7, 11) is 0. The van der Waals surface area contributed by atoms with Crippen molar-refractivity contribution in [1.29, 1.82) is 0 Å². The van der Waals surface area contributed by atoms with E-state index in [2.05, 4.69) is 0 Å². The van der Waals surface area contributed by atoms with Crippen molar-refractivity contribution in [3.63, 3.8) is 0 Å². The summed E-state index contributed by atoms with van der Waals surface area (Å²) < 4.78 is 0. The van der Waals surface area contributed by atoms with Crippen molar-refractivity contribution >= 4 is 17.7 Å². The van der Waals surface area contributed by atoms with E-state index in [0.717, 1.165) is 25.7 Å². The summed E-state index contributed by atoms with van der Waals surface area (Å²) in [5.74, 6) is -0.101. The summed E-state index contributed by atoms with van der Waals surface area (Å²) >= 11 is 1.39. The van der Waals surface area contributed by atoms with E-state index < -0.39 is 16.8 Å². The Kier molecular flexibility index (Phi) is 5.12. The minimum absolute atomic E-state index is 0.106. The minimum Gasteiger partial charge on any atom is -0.480 e. The van der Waals surface area contributed by atoms with Gasteiger partial charge in [-0.3, -0.25) is 4.79 Å². The van der Waals surface area contributed by atoms with Gasteiger partial charge in [0.05, 0.1) is 5.60 Å². The van der Waals surface area contributed by atoms with Gasteiger partial charge in [0.25, 0.3) is 0 Å². The van der Waals surface area contributed by atoms with Gasteiger partial charge in [0.1, 0.15) is 5.25 Å². The van der Waals surface area contributed by atoms with E-state index in [0.29, 0.717) is 5.75 Å². The lowest BCUT2D eigenvalue weighted by molar-refractivity contribution is -0.137. The predicted molar refractivity (Wildman–Crippen MR) is 66.8 cm³/mol. The lowest BCUT2D eigenvalue weighted by atomic mass is 9.86. The highest BCUT2D eigenvalue weighted by atomic mass is 32.2. The van der Waals surface area contributed by atoms with Crippen molar-refractivity contribution in [2.24, 2.45) is 5.92 Å². The first-order chi connectivity index (χ1) is 7.44. The zero-order chi connectivity index (χ0) is 12.2. The molecule has 1 aliphatic carbocycles. The Morgan fingerprint density at radius 3 is 2.31 bits per heavy atom. The smallest absolute Gasteiger partial charge is 0.316 e. The first-order valence-corrected chi connectivity index (χ1v) is 7.06. The summed E-state index contributed by atoms with van der Waals surface area (Å²) in [6.07, 6.45) is 4.97. The summed E-state index contributed by atoms with van der Waals surface area (Å²) in [5.41, 5.74) is -0.620. The molecule has 1 aliphatic rings. The van der Waals surface area contributed by atoms with Gasteiger partial charge >= 0.3 is 5.97 Å². The van der Waals surface area contributed by atoms with Crippen LogP contribution in [-0.4, -0.2) is 32.8 Å². The third-order valence-corrected chi connectivity index (χ3v) is 4.97. The molecule has 1 saturated carbocycles. The largest absolute Gasteiger partial charge is 0.480 e. The molecular formula is C12H22O3S. The number of hydrogen-bond acceptors (Lipinski definition) is 3. The average molecular weight is 246 g/mol. The Labute approximate surface area is 102 Å².